The largest absolute Gasteiger partial charge is 0.364 e. The second-order valence-corrected chi connectivity index (χ2v) is 7.20. The van der Waals surface area contributed by atoms with Gasteiger partial charge in [0.05, 0.1) is 8.71 Å². The average molecular weight is 373 g/mol. The smallest absolute Gasteiger partial charge is 0.333 e. The third-order valence-corrected chi connectivity index (χ3v) is 4.74. The minimum Gasteiger partial charge on any atom is -0.364 e. The van der Waals surface area contributed by atoms with Crippen LogP contribution in [0.4, 0.5) is 11.5 Å². The first-order valence-electron chi connectivity index (χ1n) is 6.71. The highest BCUT2D eigenvalue weighted by Crippen LogP contribution is 2.29. The topological polar surface area (TPSA) is 73.0 Å². The maximum Gasteiger partial charge on any atom is 0.333 e. The number of nitro groups is 1. The Bertz CT molecular complexity index is 638. The number of hydrogen-bond acceptors (Lipinski definition) is 5. The molecule has 0 aliphatic rings. The highest BCUT2D eigenvalue weighted by molar-refractivity contribution is 9.11. The fraction of sp³-hybridized carbons (Fsp3) is 0.462. The number of halogens is 1. The van der Waals surface area contributed by atoms with Gasteiger partial charge in [-0.2, -0.15) is 5.10 Å². The van der Waals surface area contributed by atoms with Crippen LogP contribution in [0.2, 0.25) is 0 Å². The van der Waals surface area contributed by atoms with Gasteiger partial charge in [0, 0.05) is 18.5 Å². The molecule has 0 saturated carbocycles. The predicted octanol–water partition coefficient (Wildman–Crippen LogP) is 3.76. The molecule has 21 heavy (non-hydrogen) atoms. The predicted molar refractivity (Wildman–Crippen MR) is 88.1 cm³/mol. The zero-order chi connectivity index (χ0) is 15.4. The Balaban J connectivity index is 2.09. The van der Waals surface area contributed by atoms with Gasteiger partial charge in [-0.3, -0.25) is 10.1 Å². The van der Waals surface area contributed by atoms with Crippen molar-refractivity contribution in [3.05, 3.63) is 36.6 Å². The second kappa shape index (κ2) is 7.04. The summed E-state index contributed by atoms with van der Waals surface area (Å²) in [5, 5.41) is 18.7. The Morgan fingerprint density at radius 3 is 2.81 bits per heavy atom. The van der Waals surface area contributed by atoms with Gasteiger partial charge in [-0.05, 0) is 40.9 Å². The number of hydrogen-bond donors (Lipinski definition) is 1. The van der Waals surface area contributed by atoms with Crippen LogP contribution in [0, 0.1) is 10.1 Å². The van der Waals surface area contributed by atoms with E-state index in [1.54, 1.807) is 23.1 Å². The average Bonchev–Trinajstić information content (AvgIpc) is 2.95. The summed E-state index contributed by atoms with van der Waals surface area (Å²) in [6.45, 7) is 2.62. The quantitative estimate of drug-likeness (QED) is 0.593. The van der Waals surface area contributed by atoms with E-state index in [0.29, 0.717) is 24.5 Å². The van der Waals surface area contributed by atoms with E-state index >= 15 is 0 Å². The van der Waals surface area contributed by atoms with E-state index in [2.05, 4.69) is 32.4 Å². The maximum absolute atomic E-state index is 11.3. The van der Waals surface area contributed by atoms with Crippen molar-refractivity contribution in [1.29, 1.82) is 0 Å². The molecule has 1 N–H and O–H groups in total. The zero-order valence-electron chi connectivity index (χ0n) is 11.9. The van der Waals surface area contributed by atoms with E-state index in [0.717, 1.165) is 16.6 Å². The Morgan fingerprint density at radius 2 is 2.24 bits per heavy atom. The van der Waals surface area contributed by atoms with Crippen LogP contribution in [0.3, 0.4) is 0 Å². The number of nitrogens with zero attached hydrogens (tertiary/aromatic N) is 3. The summed E-state index contributed by atoms with van der Waals surface area (Å²) in [5.74, 6) is 0.485. The van der Waals surface area contributed by atoms with Crippen LogP contribution in [0.1, 0.15) is 23.9 Å². The molecule has 0 aliphatic heterocycles. The number of rotatable bonds is 7. The van der Waals surface area contributed by atoms with E-state index in [1.807, 2.05) is 13.0 Å². The Kier molecular flexibility index (Phi) is 5.35. The normalized spacial score (nSPS) is 10.8. The highest BCUT2D eigenvalue weighted by Gasteiger charge is 2.25. The Labute approximate surface area is 135 Å². The number of aromatic nitrogens is 2. The summed E-state index contributed by atoms with van der Waals surface area (Å²) in [5.41, 5.74) is 0.651. The third-order valence-electron chi connectivity index (χ3n) is 3.05. The molecule has 2 heterocycles. The molecule has 0 fully saturated rings. The molecule has 0 bridgehead atoms. The SMILES string of the molecule is CCCc1nn(C)c(NCCc2ccc(Br)s2)c1[N+](=O)[O-]. The molecule has 8 heteroatoms. The van der Waals surface area contributed by atoms with Crippen molar-refractivity contribution in [2.75, 3.05) is 11.9 Å². The molecule has 2 aromatic rings. The molecule has 0 spiro atoms. The third kappa shape index (κ3) is 3.82. The van der Waals surface area contributed by atoms with Crippen LogP contribution in [-0.2, 0) is 19.9 Å². The Hall–Kier alpha value is -1.41. The van der Waals surface area contributed by atoms with Crippen molar-refractivity contribution in [1.82, 2.24) is 9.78 Å². The summed E-state index contributed by atoms with van der Waals surface area (Å²) >= 11 is 5.10. The van der Waals surface area contributed by atoms with E-state index in [9.17, 15) is 10.1 Å². The minimum absolute atomic E-state index is 0.103. The van der Waals surface area contributed by atoms with Crippen LogP contribution < -0.4 is 5.32 Å². The maximum atomic E-state index is 11.3. The summed E-state index contributed by atoms with van der Waals surface area (Å²) < 4.78 is 2.65. The molecule has 0 unspecified atom stereocenters. The summed E-state index contributed by atoms with van der Waals surface area (Å²) in [4.78, 5) is 12.2. The van der Waals surface area contributed by atoms with E-state index < -0.39 is 0 Å². The van der Waals surface area contributed by atoms with E-state index in [-0.39, 0.29) is 10.6 Å². The lowest BCUT2D eigenvalue weighted by molar-refractivity contribution is -0.384. The molecule has 0 amide bonds. The van der Waals surface area contributed by atoms with Gasteiger partial charge < -0.3 is 5.32 Å². The lowest BCUT2D eigenvalue weighted by atomic mass is 10.2. The molecule has 114 valence electrons. The van der Waals surface area contributed by atoms with Crippen LogP contribution in [0.15, 0.2) is 15.9 Å². The Morgan fingerprint density at radius 1 is 1.48 bits per heavy atom. The van der Waals surface area contributed by atoms with Crippen molar-refractivity contribution in [3.8, 4) is 0 Å². The monoisotopic (exact) mass is 372 g/mol. The van der Waals surface area contributed by atoms with Gasteiger partial charge in [0.2, 0.25) is 5.82 Å². The van der Waals surface area contributed by atoms with Gasteiger partial charge in [-0.25, -0.2) is 4.68 Å². The first-order valence-corrected chi connectivity index (χ1v) is 8.32. The van der Waals surface area contributed by atoms with Crippen molar-refractivity contribution in [2.45, 2.75) is 26.2 Å². The fourth-order valence-electron chi connectivity index (χ4n) is 2.15. The first-order chi connectivity index (χ1) is 10.0. The van der Waals surface area contributed by atoms with Gasteiger partial charge in [-0.1, -0.05) is 13.3 Å². The first kappa shape index (κ1) is 16.0. The molecule has 6 nitrogen and oxygen atoms in total. The molecule has 0 atom stereocenters. The van der Waals surface area contributed by atoms with Gasteiger partial charge in [0.15, 0.2) is 0 Å². The molecule has 0 aliphatic carbocycles. The second-order valence-electron chi connectivity index (χ2n) is 4.66. The summed E-state index contributed by atoms with van der Waals surface area (Å²) in [6.07, 6.45) is 2.27. The summed E-state index contributed by atoms with van der Waals surface area (Å²) in [6, 6.07) is 4.06. The van der Waals surface area contributed by atoms with Crippen molar-refractivity contribution >= 4 is 38.8 Å². The van der Waals surface area contributed by atoms with Crippen LogP contribution in [-0.4, -0.2) is 21.2 Å². The standard InChI is InChI=1S/C13H17BrN4O2S/c1-3-4-10-12(18(19)20)13(17(2)16-10)15-8-7-9-5-6-11(14)21-9/h5-6,15H,3-4,7-8H2,1-2H3. The fourth-order valence-corrected chi connectivity index (χ4v) is 3.64. The lowest BCUT2D eigenvalue weighted by Gasteiger charge is -2.05. The van der Waals surface area contributed by atoms with E-state index in [1.165, 1.54) is 4.88 Å². The zero-order valence-corrected chi connectivity index (χ0v) is 14.3. The number of thiophene rings is 1. The van der Waals surface area contributed by atoms with Crippen LogP contribution >= 0.6 is 27.3 Å². The summed E-state index contributed by atoms with van der Waals surface area (Å²) in [7, 11) is 1.73. The van der Waals surface area contributed by atoms with Gasteiger partial charge in [-0.15, -0.1) is 11.3 Å². The highest BCUT2D eigenvalue weighted by atomic mass is 79.9. The molecular weight excluding hydrogens is 356 g/mol. The van der Waals surface area contributed by atoms with Gasteiger partial charge >= 0.3 is 5.69 Å². The van der Waals surface area contributed by atoms with Crippen molar-refractivity contribution in [3.63, 3.8) is 0 Å². The van der Waals surface area contributed by atoms with Crippen LogP contribution in [0.25, 0.3) is 0 Å². The molecule has 2 rings (SSSR count). The van der Waals surface area contributed by atoms with Crippen LogP contribution in [0.5, 0.6) is 0 Å². The molecule has 0 radical (unpaired) electrons. The molecule has 0 aromatic carbocycles. The number of anilines is 1. The number of aryl methyl sites for hydroxylation is 2. The van der Waals surface area contributed by atoms with Crippen molar-refractivity contribution < 1.29 is 4.92 Å². The number of nitrogens with one attached hydrogen (secondary N) is 1. The molecular formula is C13H17BrN4O2S. The van der Waals surface area contributed by atoms with Gasteiger partial charge in [0.25, 0.3) is 0 Å². The molecule has 2 aromatic heterocycles. The molecule has 0 saturated heterocycles. The van der Waals surface area contributed by atoms with Gasteiger partial charge in [0.1, 0.15) is 5.69 Å². The van der Waals surface area contributed by atoms with Crippen molar-refractivity contribution in [2.24, 2.45) is 7.05 Å². The lowest BCUT2D eigenvalue weighted by Crippen LogP contribution is -2.09. The van der Waals surface area contributed by atoms with E-state index in [4.69, 9.17) is 0 Å². The minimum atomic E-state index is -0.345.